The van der Waals surface area contributed by atoms with Crippen LogP contribution in [0.3, 0.4) is 0 Å². The number of fused-ring (bicyclic) bond motifs is 4. The first-order valence-corrected chi connectivity index (χ1v) is 10.4. The third kappa shape index (κ3) is 2.40. The predicted molar refractivity (Wildman–Crippen MR) is 105 cm³/mol. The molecule has 3 atom stereocenters. The maximum Gasteiger partial charge on any atom is 0.253 e. The van der Waals surface area contributed by atoms with E-state index in [9.17, 15) is 4.79 Å². The zero-order chi connectivity index (χ0) is 17.9. The van der Waals surface area contributed by atoms with E-state index in [0.717, 1.165) is 36.3 Å². The molecule has 3 nitrogen and oxygen atoms in total. The number of allylic oxidation sites excluding steroid dienone is 1. The number of carbonyl (C=O) groups is 1. The molecule has 1 saturated heterocycles. The van der Waals surface area contributed by atoms with E-state index in [1.165, 1.54) is 49.9 Å². The summed E-state index contributed by atoms with van der Waals surface area (Å²) in [6.45, 7) is 2.37. The molecule has 1 amide bonds. The van der Waals surface area contributed by atoms with Gasteiger partial charge in [-0.15, -0.1) is 0 Å². The van der Waals surface area contributed by atoms with Crippen LogP contribution in [-0.2, 0) is 10.2 Å². The van der Waals surface area contributed by atoms with Crippen molar-refractivity contribution in [1.82, 2.24) is 9.80 Å². The van der Waals surface area contributed by atoms with E-state index in [4.69, 9.17) is 0 Å². The Hall–Kier alpha value is -1.61. The van der Waals surface area contributed by atoms with E-state index in [0.29, 0.717) is 0 Å². The average molecular weight is 351 g/mol. The van der Waals surface area contributed by atoms with Crippen LogP contribution in [0.25, 0.3) is 5.57 Å². The molecule has 3 heteroatoms. The molecule has 1 heterocycles. The van der Waals surface area contributed by atoms with E-state index < -0.39 is 0 Å². The quantitative estimate of drug-likeness (QED) is 0.812. The highest BCUT2D eigenvalue weighted by Crippen LogP contribution is 2.51. The molecule has 3 fully saturated rings. The van der Waals surface area contributed by atoms with Crippen LogP contribution in [0.4, 0.5) is 0 Å². The topological polar surface area (TPSA) is 23.6 Å². The minimum absolute atomic E-state index is 0.0751. The Kier molecular flexibility index (Phi) is 3.79. The molecular weight excluding hydrogens is 320 g/mol. The first-order valence-electron chi connectivity index (χ1n) is 10.4. The third-order valence-corrected chi connectivity index (χ3v) is 7.67. The highest BCUT2D eigenvalue weighted by Gasteiger charge is 2.47. The minimum Gasteiger partial charge on any atom is -0.345 e. The lowest BCUT2D eigenvalue weighted by Gasteiger charge is -2.44. The second kappa shape index (κ2) is 5.95. The van der Waals surface area contributed by atoms with Crippen LogP contribution in [0, 0.1) is 11.8 Å². The smallest absolute Gasteiger partial charge is 0.253 e. The average Bonchev–Trinajstić information content (AvgIpc) is 3.36. The molecule has 0 aromatic heterocycles. The van der Waals surface area contributed by atoms with Gasteiger partial charge in [0.25, 0.3) is 5.91 Å². The molecule has 1 unspecified atom stereocenters. The summed E-state index contributed by atoms with van der Waals surface area (Å²) < 4.78 is 0. The molecule has 2 saturated carbocycles. The fraction of sp³-hybridized carbons (Fsp3) is 0.609. The van der Waals surface area contributed by atoms with Gasteiger partial charge in [-0.1, -0.05) is 36.8 Å². The molecule has 4 aliphatic rings. The highest BCUT2D eigenvalue weighted by molar-refractivity contribution is 6.21. The second-order valence-electron chi connectivity index (χ2n) is 9.24. The Morgan fingerprint density at radius 3 is 2.54 bits per heavy atom. The molecule has 1 aromatic carbocycles. The van der Waals surface area contributed by atoms with E-state index in [-0.39, 0.29) is 11.3 Å². The molecule has 1 spiro atoms. The van der Waals surface area contributed by atoms with Crippen molar-refractivity contribution in [3.05, 3.63) is 41.5 Å². The monoisotopic (exact) mass is 350 g/mol. The maximum absolute atomic E-state index is 12.7. The van der Waals surface area contributed by atoms with Crippen LogP contribution in [-0.4, -0.2) is 48.9 Å². The number of amides is 1. The van der Waals surface area contributed by atoms with Crippen molar-refractivity contribution in [2.45, 2.75) is 50.0 Å². The van der Waals surface area contributed by atoms with Crippen molar-refractivity contribution < 1.29 is 4.79 Å². The van der Waals surface area contributed by atoms with Gasteiger partial charge in [0.1, 0.15) is 0 Å². The van der Waals surface area contributed by atoms with Crippen molar-refractivity contribution in [1.29, 1.82) is 0 Å². The number of benzene rings is 1. The highest BCUT2D eigenvalue weighted by atomic mass is 16.2. The Bertz CT molecular complexity index is 757. The fourth-order valence-corrected chi connectivity index (χ4v) is 6.33. The molecule has 5 rings (SSSR count). The van der Waals surface area contributed by atoms with E-state index >= 15 is 0 Å². The van der Waals surface area contributed by atoms with Gasteiger partial charge >= 0.3 is 0 Å². The van der Waals surface area contributed by atoms with Crippen molar-refractivity contribution in [3.63, 3.8) is 0 Å². The van der Waals surface area contributed by atoms with Crippen LogP contribution < -0.4 is 0 Å². The van der Waals surface area contributed by atoms with Crippen LogP contribution in [0.15, 0.2) is 30.3 Å². The molecule has 26 heavy (non-hydrogen) atoms. The lowest BCUT2D eigenvalue weighted by Crippen LogP contribution is -2.47. The second-order valence-corrected chi connectivity index (χ2v) is 9.24. The molecule has 138 valence electrons. The Balaban J connectivity index is 1.40. The van der Waals surface area contributed by atoms with Crippen molar-refractivity contribution in [2.75, 3.05) is 27.2 Å². The largest absolute Gasteiger partial charge is 0.345 e. The number of hydrogen-bond donors (Lipinski definition) is 0. The van der Waals surface area contributed by atoms with Gasteiger partial charge in [0.2, 0.25) is 0 Å². The van der Waals surface area contributed by atoms with Gasteiger partial charge < -0.3 is 9.80 Å². The number of piperidine rings is 1. The zero-order valence-corrected chi connectivity index (χ0v) is 16.1. The molecular formula is C23H30N2O. The first kappa shape index (κ1) is 16.6. The Morgan fingerprint density at radius 2 is 1.88 bits per heavy atom. The van der Waals surface area contributed by atoms with E-state index in [1.54, 1.807) is 4.90 Å². The SMILES string of the molecule is CN(C)C(=O)C1=CC2(CCN(C3C[C@@H]4CC[C@@H]3C4)CC2)c2ccccc21. The summed E-state index contributed by atoms with van der Waals surface area (Å²) in [5.74, 6) is 2.12. The van der Waals surface area contributed by atoms with Crippen LogP contribution in [0.1, 0.15) is 49.7 Å². The molecule has 2 bridgehead atoms. The maximum atomic E-state index is 12.7. The van der Waals surface area contributed by atoms with Gasteiger partial charge in [-0.3, -0.25) is 4.79 Å². The van der Waals surface area contributed by atoms with Crippen molar-refractivity contribution in [2.24, 2.45) is 11.8 Å². The molecule has 0 radical (unpaired) electrons. The first-order chi connectivity index (χ1) is 12.6. The number of likely N-dealkylation sites (tertiary alicyclic amines) is 1. The third-order valence-electron chi connectivity index (χ3n) is 7.67. The number of carbonyl (C=O) groups excluding carboxylic acids is 1. The number of likely N-dealkylation sites (N-methyl/N-ethyl adjacent to an activating group) is 1. The van der Waals surface area contributed by atoms with Crippen LogP contribution >= 0.6 is 0 Å². The summed E-state index contributed by atoms with van der Waals surface area (Å²) in [4.78, 5) is 17.2. The molecule has 1 aromatic rings. The van der Waals surface area contributed by atoms with Crippen molar-refractivity contribution >= 4 is 11.5 Å². The molecule has 1 aliphatic heterocycles. The summed E-state index contributed by atoms with van der Waals surface area (Å²) >= 11 is 0. The van der Waals surface area contributed by atoms with Gasteiger partial charge in [0.15, 0.2) is 0 Å². The van der Waals surface area contributed by atoms with Crippen LogP contribution in [0.2, 0.25) is 0 Å². The summed E-state index contributed by atoms with van der Waals surface area (Å²) in [5, 5.41) is 0. The summed E-state index contributed by atoms with van der Waals surface area (Å²) in [6, 6.07) is 9.45. The number of hydrogen-bond acceptors (Lipinski definition) is 2. The normalized spacial score (nSPS) is 31.9. The van der Waals surface area contributed by atoms with Gasteiger partial charge in [0.05, 0.1) is 0 Å². The standard InChI is InChI=1S/C23H30N2O/c1-24(2)22(26)19-15-23(20-6-4-3-5-18(19)20)9-11-25(12-10-23)21-14-16-7-8-17(21)13-16/h3-6,15-17,21H,7-14H2,1-2H3/t16-,17-,21?/m1/s1. The van der Waals surface area contributed by atoms with Crippen LogP contribution in [0.5, 0.6) is 0 Å². The lowest BCUT2D eigenvalue weighted by molar-refractivity contribution is -0.122. The minimum atomic E-state index is 0.0751. The zero-order valence-electron chi connectivity index (χ0n) is 16.1. The molecule has 3 aliphatic carbocycles. The molecule has 0 N–H and O–H groups in total. The fourth-order valence-electron chi connectivity index (χ4n) is 6.33. The lowest BCUT2D eigenvalue weighted by atomic mass is 9.74. The van der Waals surface area contributed by atoms with Gasteiger partial charge in [-0.05, 0) is 68.2 Å². The van der Waals surface area contributed by atoms with E-state index in [2.05, 4.69) is 35.2 Å². The van der Waals surface area contributed by atoms with Gasteiger partial charge in [-0.25, -0.2) is 0 Å². The van der Waals surface area contributed by atoms with Gasteiger partial charge in [-0.2, -0.15) is 0 Å². The summed E-state index contributed by atoms with van der Waals surface area (Å²) in [7, 11) is 3.71. The van der Waals surface area contributed by atoms with E-state index in [1.807, 2.05) is 14.1 Å². The Morgan fingerprint density at radius 1 is 1.12 bits per heavy atom. The van der Waals surface area contributed by atoms with Crippen molar-refractivity contribution in [3.8, 4) is 0 Å². The number of nitrogens with zero attached hydrogens (tertiary/aromatic N) is 2. The van der Waals surface area contributed by atoms with Gasteiger partial charge in [0, 0.05) is 31.1 Å². The number of rotatable bonds is 2. The summed E-state index contributed by atoms with van der Waals surface area (Å²) in [5.41, 5.74) is 3.54. The Labute approximate surface area is 157 Å². The predicted octanol–water partition coefficient (Wildman–Crippen LogP) is 3.69. The summed E-state index contributed by atoms with van der Waals surface area (Å²) in [6.07, 6.45) is 10.5.